The minimum atomic E-state index is -0.234. The van der Waals surface area contributed by atoms with Crippen molar-refractivity contribution in [3.8, 4) is 0 Å². The molecule has 6 nitrogen and oxygen atoms in total. The Labute approximate surface area is 141 Å². The van der Waals surface area contributed by atoms with Crippen LogP contribution >= 0.6 is 11.8 Å². The van der Waals surface area contributed by atoms with Crippen LogP contribution in [0.25, 0.3) is 0 Å². The van der Waals surface area contributed by atoms with Crippen LogP contribution in [0.2, 0.25) is 0 Å². The van der Waals surface area contributed by atoms with Gasteiger partial charge in [-0.05, 0) is 25.2 Å². The van der Waals surface area contributed by atoms with Gasteiger partial charge in [0.1, 0.15) is 0 Å². The molecule has 7 heteroatoms. The van der Waals surface area contributed by atoms with Crippen LogP contribution in [0, 0.1) is 5.92 Å². The highest BCUT2D eigenvalue weighted by Gasteiger charge is 2.28. The average Bonchev–Trinajstić information content (AvgIpc) is 2.86. The number of hydrogen-bond acceptors (Lipinski definition) is 4. The molecule has 0 radical (unpaired) electrons. The maximum atomic E-state index is 12.7. The molecule has 1 unspecified atom stereocenters. The van der Waals surface area contributed by atoms with E-state index in [4.69, 9.17) is 0 Å². The second kappa shape index (κ2) is 8.57. The average molecular weight is 340 g/mol. The Morgan fingerprint density at radius 3 is 2.70 bits per heavy atom. The topological polar surface area (TPSA) is 79.8 Å². The molecule has 1 aliphatic rings. The fourth-order valence-corrected chi connectivity index (χ4v) is 4.02. The third-order valence-corrected chi connectivity index (χ3v) is 5.75. The summed E-state index contributed by atoms with van der Waals surface area (Å²) < 4.78 is 1.62. The van der Waals surface area contributed by atoms with Gasteiger partial charge >= 0.3 is 5.69 Å². The summed E-state index contributed by atoms with van der Waals surface area (Å²) in [6.45, 7) is 6.70. The van der Waals surface area contributed by atoms with Crippen molar-refractivity contribution in [2.45, 2.75) is 82.3 Å². The van der Waals surface area contributed by atoms with Crippen LogP contribution in [0.4, 0.5) is 0 Å². The third kappa shape index (κ3) is 4.86. The first-order chi connectivity index (χ1) is 11.0. The maximum Gasteiger partial charge on any atom is 0.343 e. The number of H-pyrrole nitrogens is 1. The van der Waals surface area contributed by atoms with Crippen molar-refractivity contribution in [3.63, 3.8) is 0 Å². The lowest BCUT2D eigenvalue weighted by Gasteiger charge is -2.26. The highest BCUT2D eigenvalue weighted by Crippen LogP contribution is 2.27. The quantitative estimate of drug-likeness (QED) is 0.748. The van der Waals surface area contributed by atoms with Gasteiger partial charge in [-0.1, -0.05) is 51.8 Å². The molecule has 2 N–H and O–H groups in total. The second-order valence-corrected chi connectivity index (χ2v) is 7.70. The van der Waals surface area contributed by atoms with Gasteiger partial charge in [-0.25, -0.2) is 9.89 Å². The first-order valence-electron chi connectivity index (χ1n) is 8.65. The number of carbonyl (C=O) groups is 1. The van der Waals surface area contributed by atoms with E-state index in [1.54, 1.807) is 4.57 Å². The van der Waals surface area contributed by atoms with E-state index in [1.165, 1.54) is 31.0 Å². The summed E-state index contributed by atoms with van der Waals surface area (Å²) in [7, 11) is 0. The van der Waals surface area contributed by atoms with Crippen LogP contribution < -0.4 is 11.0 Å². The molecule has 1 atom stereocenters. The number of aromatic nitrogens is 3. The maximum absolute atomic E-state index is 12.7. The lowest BCUT2D eigenvalue weighted by molar-refractivity contribution is -0.122. The van der Waals surface area contributed by atoms with Gasteiger partial charge in [0.2, 0.25) is 5.91 Å². The highest BCUT2D eigenvalue weighted by atomic mass is 32.2. The Bertz CT molecular complexity index is 561. The summed E-state index contributed by atoms with van der Waals surface area (Å²) >= 11 is 1.39. The van der Waals surface area contributed by atoms with Crippen molar-refractivity contribution < 1.29 is 4.79 Å². The van der Waals surface area contributed by atoms with E-state index < -0.39 is 0 Å². The molecular formula is C16H28N4O2S. The van der Waals surface area contributed by atoms with Gasteiger partial charge in [0.05, 0.1) is 5.25 Å². The number of nitrogens with one attached hydrogen (secondary N) is 2. The Hall–Kier alpha value is -1.24. The SMILES string of the molecule is CCCn1c(SC(C(=O)NC2CCCCC2)C(C)C)n[nH]c1=O. The van der Waals surface area contributed by atoms with E-state index in [-0.39, 0.29) is 22.8 Å². The zero-order valence-electron chi connectivity index (χ0n) is 14.3. The molecule has 0 spiro atoms. The van der Waals surface area contributed by atoms with Crippen LogP contribution in [-0.2, 0) is 11.3 Å². The zero-order chi connectivity index (χ0) is 16.8. The zero-order valence-corrected chi connectivity index (χ0v) is 15.1. The van der Waals surface area contributed by atoms with Crippen molar-refractivity contribution in [3.05, 3.63) is 10.5 Å². The molecule has 23 heavy (non-hydrogen) atoms. The summed E-state index contributed by atoms with van der Waals surface area (Å²) in [6, 6.07) is 0.301. The number of hydrogen-bond donors (Lipinski definition) is 2. The van der Waals surface area contributed by atoms with Crippen molar-refractivity contribution in [2.75, 3.05) is 0 Å². The van der Waals surface area contributed by atoms with Crippen LogP contribution in [0.1, 0.15) is 59.3 Å². The molecule has 1 aliphatic carbocycles. The number of nitrogens with zero attached hydrogens (tertiary/aromatic N) is 2. The van der Waals surface area contributed by atoms with E-state index in [2.05, 4.69) is 15.5 Å². The number of thioether (sulfide) groups is 1. The first-order valence-corrected chi connectivity index (χ1v) is 9.53. The third-order valence-electron chi connectivity index (χ3n) is 4.22. The largest absolute Gasteiger partial charge is 0.352 e. The molecule has 0 saturated heterocycles. The van der Waals surface area contributed by atoms with Crippen LogP contribution in [0.15, 0.2) is 9.95 Å². The fraction of sp³-hybridized carbons (Fsp3) is 0.812. The fourth-order valence-electron chi connectivity index (χ4n) is 2.95. The molecule has 0 aromatic carbocycles. The Morgan fingerprint density at radius 1 is 1.39 bits per heavy atom. The lowest BCUT2D eigenvalue weighted by atomic mass is 9.95. The van der Waals surface area contributed by atoms with Crippen LogP contribution in [-0.4, -0.2) is 32.0 Å². The molecule has 1 saturated carbocycles. The smallest absolute Gasteiger partial charge is 0.343 e. The molecule has 130 valence electrons. The van der Waals surface area contributed by atoms with E-state index in [0.717, 1.165) is 19.3 Å². The van der Waals surface area contributed by atoms with Crippen molar-refractivity contribution >= 4 is 17.7 Å². The highest BCUT2D eigenvalue weighted by molar-refractivity contribution is 8.00. The molecule has 1 fully saturated rings. The summed E-state index contributed by atoms with van der Waals surface area (Å²) in [6.07, 6.45) is 6.66. The minimum absolute atomic E-state index is 0.0652. The monoisotopic (exact) mass is 340 g/mol. The predicted molar refractivity (Wildman–Crippen MR) is 92.6 cm³/mol. The molecular weight excluding hydrogens is 312 g/mol. The second-order valence-electron chi connectivity index (χ2n) is 6.59. The molecule has 0 bridgehead atoms. The molecule has 1 aromatic heterocycles. The summed E-state index contributed by atoms with van der Waals surface area (Å²) in [5, 5.41) is 10.2. The van der Waals surface area contributed by atoms with Crippen LogP contribution in [0.3, 0.4) is 0 Å². The van der Waals surface area contributed by atoms with Gasteiger partial charge in [-0.2, -0.15) is 0 Å². The molecule has 0 aliphatic heterocycles. The van der Waals surface area contributed by atoms with Gasteiger partial charge in [0.25, 0.3) is 0 Å². The van der Waals surface area contributed by atoms with E-state index in [9.17, 15) is 9.59 Å². The van der Waals surface area contributed by atoms with Crippen molar-refractivity contribution in [2.24, 2.45) is 5.92 Å². The van der Waals surface area contributed by atoms with Crippen LogP contribution in [0.5, 0.6) is 0 Å². The Kier molecular flexibility index (Phi) is 6.74. The summed E-state index contributed by atoms with van der Waals surface area (Å²) in [5.41, 5.74) is -0.204. The molecule has 1 heterocycles. The van der Waals surface area contributed by atoms with Gasteiger partial charge < -0.3 is 5.32 Å². The standard InChI is InChI=1S/C16H28N4O2S/c1-4-10-20-15(22)18-19-16(20)23-13(11(2)3)14(21)17-12-8-6-5-7-9-12/h11-13H,4-10H2,1-3H3,(H,17,21)(H,18,22). The van der Waals surface area contributed by atoms with E-state index >= 15 is 0 Å². The lowest BCUT2D eigenvalue weighted by Crippen LogP contribution is -2.43. The molecule has 1 amide bonds. The van der Waals surface area contributed by atoms with Crippen molar-refractivity contribution in [1.82, 2.24) is 20.1 Å². The number of amides is 1. The van der Waals surface area contributed by atoms with Crippen molar-refractivity contribution in [1.29, 1.82) is 0 Å². The number of aromatic amines is 1. The van der Waals surface area contributed by atoms with Gasteiger partial charge in [-0.3, -0.25) is 9.36 Å². The normalized spacial score (nSPS) is 17.4. The number of carbonyl (C=O) groups excluding carboxylic acids is 1. The first kappa shape index (κ1) is 18.1. The Balaban J connectivity index is 2.06. The van der Waals surface area contributed by atoms with E-state index in [0.29, 0.717) is 17.7 Å². The Morgan fingerprint density at radius 2 is 2.09 bits per heavy atom. The summed E-state index contributed by atoms with van der Waals surface area (Å²) in [5.74, 6) is 0.237. The predicted octanol–water partition coefficient (Wildman–Crippen LogP) is 2.55. The summed E-state index contributed by atoms with van der Waals surface area (Å²) in [4.78, 5) is 24.5. The van der Waals surface area contributed by atoms with Gasteiger partial charge in [-0.15, -0.1) is 5.10 Å². The van der Waals surface area contributed by atoms with Gasteiger partial charge in [0.15, 0.2) is 5.16 Å². The van der Waals surface area contributed by atoms with Gasteiger partial charge in [0, 0.05) is 12.6 Å². The molecule has 1 aromatic rings. The minimum Gasteiger partial charge on any atom is -0.352 e. The van der Waals surface area contributed by atoms with E-state index in [1.807, 2.05) is 20.8 Å². The molecule has 2 rings (SSSR count). The number of rotatable bonds is 7.